The van der Waals surface area contributed by atoms with Gasteiger partial charge in [-0.1, -0.05) is 30.3 Å². The van der Waals surface area contributed by atoms with Crippen LogP contribution in [0.1, 0.15) is 41.7 Å². The van der Waals surface area contributed by atoms with E-state index in [0.717, 1.165) is 12.1 Å². The van der Waals surface area contributed by atoms with Crippen molar-refractivity contribution in [1.82, 2.24) is 5.32 Å². The first-order valence-corrected chi connectivity index (χ1v) is 13.8. The summed E-state index contributed by atoms with van der Waals surface area (Å²) in [5.41, 5.74) is -0.587. The van der Waals surface area contributed by atoms with E-state index in [1.54, 1.807) is 31.2 Å². The van der Waals surface area contributed by atoms with Crippen LogP contribution >= 0.6 is 0 Å². The summed E-state index contributed by atoms with van der Waals surface area (Å²) < 4.78 is 69.2. The minimum absolute atomic E-state index is 0.00275. The Hall–Kier alpha value is -1.95. The minimum atomic E-state index is -3.70. The zero-order chi connectivity index (χ0) is 25.9. The smallest absolute Gasteiger partial charge is 0.163 e. The Balaban J connectivity index is 1.63. The van der Waals surface area contributed by atoms with Crippen molar-refractivity contribution in [1.29, 1.82) is 0 Å². The summed E-state index contributed by atoms with van der Waals surface area (Å²) in [6.45, 7) is 1.76. The van der Waals surface area contributed by atoms with Gasteiger partial charge in [0, 0.05) is 44.2 Å². The Morgan fingerprint density at radius 3 is 2.53 bits per heavy atom. The van der Waals surface area contributed by atoms with E-state index in [1.165, 1.54) is 0 Å². The highest BCUT2D eigenvalue weighted by molar-refractivity contribution is 7.92. The normalized spacial score (nSPS) is 26.4. The molecule has 0 amide bonds. The molecule has 4 rings (SSSR count). The summed E-state index contributed by atoms with van der Waals surface area (Å²) in [7, 11) is -3.70. The maximum atomic E-state index is 15.5. The van der Waals surface area contributed by atoms with E-state index < -0.39 is 56.3 Å². The molecule has 2 saturated heterocycles. The number of sulfone groups is 1. The van der Waals surface area contributed by atoms with Crippen LogP contribution < -0.4 is 5.32 Å². The molecule has 0 aromatic heterocycles. The van der Waals surface area contributed by atoms with Gasteiger partial charge in [0.2, 0.25) is 0 Å². The molecular weight excluding hydrogens is 492 g/mol. The molecule has 0 bridgehead atoms. The second kappa shape index (κ2) is 11.2. The van der Waals surface area contributed by atoms with Crippen molar-refractivity contribution in [3.05, 3.63) is 70.8 Å². The first-order chi connectivity index (χ1) is 17.2. The number of benzene rings is 2. The van der Waals surface area contributed by atoms with Gasteiger partial charge in [0.15, 0.2) is 9.84 Å². The standard InChI is InChI=1S/C26H33F2NO6S/c1-17-24(36(32,33)25(14-29-17)18-5-3-2-4-6-18)12-19-11-23(28)21(13-22(19)27)26(7-9-34-10-8-26)35-16-20(31)15-30/h2-6,11,13,17,20,24-25,29-31H,7-10,12,14-16H2,1H3/t17-,20-,24?,25-/m0/s1. The topological polar surface area (TPSA) is 105 Å². The zero-order valence-corrected chi connectivity index (χ0v) is 21.0. The van der Waals surface area contributed by atoms with Crippen LogP contribution in [0.25, 0.3) is 0 Å². The van der Waals surface area contributed by atoms with Crippen LogP contribution in [0.5, 0.6) is 0 Å². The van der Waals surface area contributed by atoms with E-state index in [9.17, 15) is 13.5 Å². The Morgan fingerprint density at radius 1 is 1.17 bits per heavy atom. The highest BCUT2D eigenvalue weighted by Gasteiger charge is 2.43. The lowest BCUT2D eigenvalue weighted by Gasteiger charge is -2.38. The molecule has 7 nitrogen and oxygen atoms in total. The molecule has 2 heterocycles. The monoisotopic (exact) mass is 525 g/mol. The van der Waals surface area contributed by atoms with Gasteiger partial charge in [-0.2, -0.15) is 0 Å². The summed E-state index contributed by atoms with van der Waals surface area (Å²) in [6, 6.07) is 10.6. The Morgan fingerprint density at radius 2 is 1.86 bits per heavy atom. The van der Waals surface area contributed by atoms with Gasteiger partial charge in [0.05, 0.1) is 23.7 Å². The fourth-order valence-electron chi connectivity index (χ4n) is 5.12. The number of halogens is 2. The average Bonchev–Trinajstić information content (AvgIpc) is 2.87. The number of aliphatic hydroxyl groups excluding tert-OH is 2. The van der Waals surface area contributed by atoms with E-state index in [2.05, 4.69) is 5.32 Å². The van der Waals surface area contributed by atoms with E-state index >= 15 is 8.78 Å². The molecule has 1 unspecified atom stereocenters. The first kappa shape index (κ1) is 27.1. The number of rotatable bonds is 8. The van der Waals surface area contributed by atoms with Gasteiger partial charge in [-0.15, -0.1) is 0 Å². The third-order valence-corrected chi connectivity index (χ3v) is 9.93. The SMILES string of the molecule is C[C@@H]1NC[C@@H](c2ccccc2)S(=O)(=O)C1Cc1cc(F)c(C2(OC[C@@H](O)CO)CCOCC2)cc1F. The van der Waals surface area contributed by atoms with Gasteiger partial charge in [0.1, 0.15) is 23.3 Å². The maximum absolute atomic E-state index is 15.5. The van der Waals surface area contributed by atoms with Crippen LogP contribution in [-0.4, -0.2) is 69.0 Å². The van der Waals surface area contributed by atoms with Gasteiger partial charge in [-0.05, 0) is 36.6 Å². The zero-order valence-electron chi connectivity index (χ0n) is 20.2. The van der Waals surface area contributed by atoms with Crippen molar-refractivity contribution in [2.45, 2.75) is 54.4 Å². The highest BCUT2D eigenvalue weighted by Crippen LogP contribution is 2.39. The lowest BCUT2D eigenvalue weighted by atomic mass is 9.84. The fraction of sp³-hybridized carbons (Fsp3) is 0.538. The highest BCUT2D eigenvalue weighted by atomic mass is 32.2. The predicted octanol–water partition coefficient (Wildman–Crippen LogP) is 2.40. The summed E-state index contributed by atoms with van der Waals surface area (Å²) in [6.07, 6.45) is -0.835. The minimum Gasteiger partial charge on any atom is -0.394 e. The quantitative estimate of drug-likeness (QED) is 0.486. The van der Waals surface area contributed by atoms with Crippen LogP contribution in [0.2, 0.25) is 0 Å². The number of aliphatic hydroxyl groups is 2. The molecule has 0 spiro atoms. The molecule has 36 heavy (non-hydrogen) atoms. The van der Waals surface area contributed by atoms with E-state index in [4.69, 9.17) is 14.6 Å². The molecule has 3 N–H and O–H groups in total. The number of hydrogen-bond acceptors (Lipinski definition) is 7. The lowest BCUT2D eigenvalue weighted by molar-refractivity contribution is -0.141. The molecule has 0 aliphatic carbocycles. The van der Waals surface area contributed by atoms with Gasteiger partial charge in [-0.3, -0.25) is 0 Å². The summed E-state index contributed by atoms with van der Waals surface area (Å²) >= 11 is 0. The average molecular weight is 526 g/mol. The van der Waals surface area contributed by atoms with Crippen molar-refractivity contribution >= 4 is 9.84 Å². The molecule has 2 aliphatic rings. The summed E-state index contributed by atoms with van der Waals surface area (Å²) in [4.78, 5) is 0. The summed E-state index contributed by atoms with van der Waals surface area (Å²) in [5.74, 6) is -1.42. The second-order valence-corrected chi connectivity index (χ2v) is 12.0. The van der Waals surface area contributed by atoms with Crippen molar-refractivity contribution in [2.24, 2.45) is 0 Å². The molecule has 2 aliphatic heterocycles. The number of nitrogens with one attached hydrogen (secondary N) is 1. The number of ether oxygens (including phenoxy) is 2. The third kappa shape index (κ3) is 5.49. The van der Waals surface area contributed by atoms with Crippen LogP contribution in [0, 0.1) is 11.6 Å². The molecule has 2 aromatic carbocycles. The maximum Gasteiger partial charge on any atom is 0.163 e. The fourth-order valence-corrected chi connectivity index (χ4v) is 7.48. The number of hydrogen-bond donors (Lipinski definition) is 3. The van der Waals surface area contributed by atoms with Gasteiger partial charge in [0.25, 0.3) is 0 Å². The molecular formula is C26H33F2NO6S. The third-order valence-electron chi connectivity index (χ3n) is 7.28. The lowest BCUT2D eigenvalue weighted by Crippen LogP contribution is -2.53. The molecule has 2 aromatic rings. The van der Waals surface area contributed by atoms with E-state index in [0.29, 0.717) is 5.56 Å². The Bertz CT molecular complexity index is 1140. The largest absolute Gasteiger partial charge is 0.394 e. The van der Waals surface area contributed by atoms with Crippen LogP contribution in [-0.2, 0) is 31.3 Å². The van der Waals surface area contributed by atoms with Gasteiger partial charge < -0.3 is 25.0 Å². The summed E-state index contributed by atoms with van der Waals surface area (Å²) in [5, 5.41) is 20.4. The molecule has 0 radical (unpaired) electrons. The predicted molar refractivity (Wildman–Crippen MR) is 130 cm³/mol. The van der Waals surface area contributed by atoms with Crippen molar-refractivity contribution in [2.75, 3.05) is 33.0 Å². The Kier molecular flexibility index (Phi) is 8.43. The molecule has 0 saturated carbocycles. The second-order valence-electron chi connectivity index (χ2n) is 9.61. The van der Waals surface area contributed by atoms with Crippen molar-refractivity contribution in [3.63, 3.8) is 0 Å². The first-order valence-electron chi connectivity index (χ1n) is 12.2. The van der Waals surface area contributed by atoms with Crippen LogP contribution in [0.15, 0.2) is 42.5 Å². The van der Waals surface area contributed by atoms with Crippen molar-refractivity contribution < 1.29 is 36.9 Å². The van der Waals surface area contributed by atoms with E-state index in [-0.39, 0.29) is 56.8 Å². The Labute approximate surface area is 210 Å². The van der Waals surface area contributed by atoms with Crippen LogP contribution in [0.4, 0.5) is 8.78 Å². The van der Waals surface area contributed by atoms with Gasteiger partial charge in [-0.25, -0.2) is 17.2 Å². The molecule has 10 heteroatoms. The van der Waals surface area contributed by atoms with Gasteiger partial charge >= 0.3 is 0 Å². The van der Waals surface area contributed by atoms with E-state index in [1.807, 2.05) is 6.07 Å². The molecule has 2 fully saturated rings. The van der Waals surface area contributed by atoms with Crippen molar-refractivity contribution in [3.8, 4) is 0 Å². The molecule has 4 atom stereocenters. The molecule has 198 valence electrons. The van der Waals surface area contributed by atoms with Crippen LogP contribution in [0.3, 0.4) is 0 Å².